The van der Waals surface area contributed by atoms with E-state index in [1.807, 2.05) is 0 Å². The van der Waals surface area contributed by atoms with Crippen molar-refractivity contribution in [1.29, 1.82) is 0 Å². The summed E-state index contributed by atoms with van der Waals surface area (Å²) in [5, 5.41) is 0. The Morgan fingerprint density at radius 1 is 1.30 bits per heavy atom. The van der Waals surface area contributed by atoms with Gasteiger partial charge in [0.1, 0.15) is 0 Å². The highest BCUT2D eigenvalue weighted by Crippen LogP contribution is 2.30. The van der Waals surface area contributed by atoms with E-state index < -0.39 is 12.1 Å². The number of hydrogen-bond acceptors (Lipinski definition) is 6. The minimum absolute atomic E-state index is 0.0261. The number of hydrogen-bond donors (Lipinski definition) is 0. The van der Waals surface area contributed by atoms with Crippen molar-refractivity contribution in [2.45, 2.75) is 12.5 Å². The first-order chi connectivity index (χ1) is 9.65. The molecule has 0 aromatic heterocycles. The van der Waals surface area contributed by atoms with E-state index >= 15 is 0 Å². The fourth-order valence-electron chi connectivity index (χ4n) is 1.88. The van der Waals surface area contributed by atoms with Crippen LogP contribution >= 0.6 is 0 Å². The fraction of sp³-hybridized carbons (Fsp3) is 0.429. The lowest BCUT2D eigenvalue weighted by Crippen LogP contribution is -2.37. The SMILES string of the molecule is COC(=O)c1ccc(OC)c(OC2COCCC2=O)c1. The Hall–Kier alpha value is -2.08. The molecule has 0 bridgehead atoms. The van der Waals surface area contributed by atoms with E-state index in [4.69, 9.17) is 14.2 Å². The molecule has 0 aliphatic carbocycles. The topological polar surface area (TPSA) is 71.1 Å². The molecule has 0 radical (unpaired) electrons. The molecule has 1 fully saturated rings. The van der Waals surface area contributed by atoms with Gasteiger partial charge in [-0.1, -0.05) is 0 Å². The molecule has 0 saturated carbocycles. The quantitative estimate of drug-likeness (QED) is 0.772. The highest BCUT2D eigenvalue weighted by atomic mass is 16.6. The van der Waals surface area contributed by atoms with Crippen LogP contribution in [0.2, 0.25) is 0 Å². The van der Waals surface area contributed by atoms with Gasteiger partial charge in [0, 0.05) is 6.42 Å². The van der Waals surface area contributed by atoms with Crippen molar-refractivity contribution in [1.82, 2.24) is 0 Å². The molecular weight excluding hydrogens is 264 g/mol. The van der Waals surface area contributed by atoms with E-state index in [0.29, 0.717) is 30.1 Å². The van der Waals surface area contributed by atoms with Crippen LogP contribution in [0, 0.1) is 0 Å². The summed E-state index contributed by atoms with van der Waals surface area (Å²) < 4.78 is 20.6. The molecular formula is C14H16O6. The second-order valence-corrected chi connectivity index (χ2v) is 4.25. The molecule has 1 saturated heterocycles. The number of Topliss-reactive ketones (excluding diaryl/α,β-unsaturated/α-hetero) is 1. The third kappa shape index (κ3) is 3.08. The average Bonchev–Trinajstić information content (AvgIpc) is 2.48. The van der Waals surface area contributed by atoms with Crippen LogP contribution in [0.25, 0.3) is 0 Å². The maximum atomic E-state index is 11.7. The molecule has 6 heteroatoms. The van der Waals surface area contributed by atoms with Gasteiger partial charge in [-0.15, -0.1) is 0 Å². The van der Waals surface area contributed by atoms with Gasteiger partial charge in [0.25, 0.3) is 0 Å². The van der Waals surface area contributed by atoms with Crippen LogP contribution in [0.1, 0.15) is 16.8 Å². The summed E-state index contributed by atoms with van der Waals surface area (Å²) >= 11 is 0. The molecule has 2 rings (SSSR count). The lowest BCUT2D eigenvalue weighted by molar-refractivity contribution is -0.134. The Morgan fingerprint density at radius 3 is 2.75 bits per heavy atom. The zero-order chi connectivity index (χ0) is 14.5. The predicted octanol–water partition coefficient (Wildman–Crippen LogP) is 1.22. The van der Waals surface area contributed by atoms with Crippen molar-refractivity contribution in [3.8, 4) is 11.5 Å². The smallest absolute Gasteiger partial charge is 0.337 e. The number of carbonyl (C=O) groups is 2. The lowest BCUT2D eigenvalue weighted by atomic mass is 10.1. The number of rotatable bonds is 4. The predicted molar refractivity (Wildman–Crippen MR) is 69.2 cm³/mol. The minimum atomic E-state index is -0.675. The van der Waals surface area contributed by atoms with Crippen LogP contribution in [-0.2, 0) is 14.3 Å². The normalized spacial score (nSPS) is 18.5. The van der Waals surface area contributed by atoms with Crippen LogP contribution in [0.15, 0.2) is 18.2 Å². The van der Waals surface area contributed by atoms with Crippen LogP contribution in [-0.4, -0.2) is 45.3 Å². The third-order valence-electron chi connectivity index (χ3n) is 2.98. The Bertz CT molecular complexity index is 510. The average molecular weight is 280 g/mol. The number of ether oxygens (including phenoxy) is 4. The van der Waals surface area contributed by atoms with Crippen molar-refractivity contribution >= 4 is 11.8 Å². The Kier molecular flexibility index (Phi) is 4.57. The summed E-state index contributed by atoms with van der Waals surface area (Å²) in [7, 11) is 2.78. The minimum Gasteiger partial charge on any atom is -0.493 e. The molecule has 0 spiro atoms. The molecule has 20 heavy (non-hydrogen) atoms. The number of esters is 1. The second-order valence-electron chi connectivity index (χ2n) is 4.25. The summed E-state index contributed by atoms with van der Waals surface area (Å²) in [4.78, 5) is 23.2. The van der Waals surface area contributed by atoms with Gasteiger partial charge in [0.15, 0.2) is 23.4 Å². The number of ketones is 1. The number of carbonyl (C=O) groups excluding carboxylic acids is 2. The van der Waals surface area contributed by atoms with Crippen LogP contribution in [0.3, 0.4) is 0 Å². The molecule has 108 valence electrons. The van der Waals surface area contributed by atoms with E-state index in [0.717, 1.165) is 0 Å². The highest BCUT2D eigenvalue weighted by molar-refractivity contribution is 5.90. The van der Waals surface area contributed by atoms with Gasteiger partial charge in [-0.3, -0.25) is 4.79 Å². The van der Waals surface area contributed by atoms with Gasteiger partial charge in [-0.05, 0) is 18.2 Å². The van der Waals surface area contributed by atoms with Gasteiger partial charge >= 0.3 is 5.97 Å². The molecule has 1 aromatic carbocycles. The van der Waals surface area contributed by atoms with Crippen molar-refractivity contribution in [2.24, 2.45) is 0 Å². The van der Waals surface area contributed by atoms with Crippen molar-refractivity contribution in [3.05, 3.63) is 23.8 Å². The zero-order valence-electron chi connectivity index (χ0n) is 11.4. The van der Waals surface area contributed by atoms with E-state index in [-0.39, 0.29) is 12.4 Å². The van der Waals surface area contributed by atoms with Crippen molar-refractivity contribution in [3.63, 3.8) is 0 Å². The van der Waals surface area contributed by atoms with Gasteiger partial charge < -0.3 is 18.9 Å². The van der Waals surface area contributed by atoms with Crippen molar-refractivity contribution in [2.75, 3.05) is 27.4 Å². The Balaban J connectivity index is 2.23. The van der Waals surface area contributed by atoms with Gasteiger partial charge in [0.05, 0.1) is 33.0 Å². The molecule has 1 atom stereocenters. The van der Waals surface area contributed by atoms with Crippen LogP contribution in [0.4, 0.5) is 0 Å². The summed E-state index contributed by atoms with van der Waals surface area (Å²) in [5.74, 6) is 0.251. The maximum Gasteiger partial charge on any atom is 0.337 e. The summed E-state index contributed by atoms with van der Waals surface area (Å²) in [6.07, 6.45) is -0.352. The molecule has 1 aliphatic rings. The van der Waals surface area contributed by atoms with Crippen LogP contribution < -0.4 is 9.47 Å². The van der Waals surface area contributed by atoms with E-state index in [1.165, 1.54) is 20.3 Å². The number of benzene rings is 1. The Morgan fingerprint density at radius 2 is 2.10 bits per heavy atom. The highest BCUT2D eigenvalue weighted by Gasteiger charge is 2.26. The zero-order valence-corrected chi connectivity index (χ0v) is 11.4. The molecule has 1 aromatic rings. The molecule has 0 amide bonds. The summed E-state index contributed by atoms with van der Waals surface area (Å²) in [6, 6.07) is 4.65. The van der Waals surface area contributed by atoms with Gasteiger partial charge in [0.2, 0.25) is 0 Å². The molecule has 1 aliphatic heterocycles. The summed E-state index contributed by atoms with van der Waals surface area (Å²) in [5.41, 5.74) is 0.326. The van der Waals surface area contributed by atoms with Gasteiger partial charge in [-0.25, -0.2) is 4.79 Å². The van der Waals surface area contributed by atoms with E-state index in [2.05, 4.69) is 4.74 Å². The van der Waals surface area contributed by atoms with Crippen molar-refractivity contribution < 1.29 is 28.5 Å². The fourth-order valence-corrected chi connectivity index (χ4v) is 1.88. The standard InChI is InChI=1S/C14H16O6/c1-17-11-4-3-9(14(16)18-2)7-12(11)20-13-8-19-6-5-10(13)15/h3-4,7,13H,5-6,8H2,1-2H3. The molecule has 6 nitrogen and oxygen atoms in total. The molecule has 0 N–H and O–H groups in total. The monoisotopic (exact) mass is 280 g/mol. The van der Waals surface area contributed by atoms with E-state index in [9.17, 15) is 9.59 Å². The van der Waals surface area contributed by atoms with E-state index in [1.54, 1.807) is 12.1 Å². The molecule has 1 unspecified atom stereocenters. The largest absolute Gasteiger partial charge is 0.493 e. The third-order valence-corrected chi connectivity index (χ3v) is 2.98. The number of methoxy groups -OCH3 is 2. The first-order valence-electron chi connectivity index (χ1n) is 6.19. The first kappa shape index (κ1) is 14.3. The lowest BCUT2D eigenvalue weighted by Gasteiger charge is -2.23. The second kappa shape index (κ2) is 6.38. The summed E-state index contributed by atoms with van der Waals surface area (Å²) in [6.45, 7) is 0.614. The van der Waals surface area contributed by atoms with Gasteiger partial charge in [-0.2, -0.15) is 0 Å². The van der Waals surface area contributed by atoms with Crippen LogP contribution in [0.5, 0.6) is 11.5 Å². The molecule has 1 heterocycles. The Labute approximate surface area is 116 Å². The maximum absolute atomic E-state index is 11.7. The first-order valence-corrected chi connectivity index (χ1v) is 6.19.